The van der Waals surface area contributed by atoms with E-state index in [0.29, 0.717) is 35.7 Å². The van der Waals surface area contributed by atoms with E-state index in [1.807, 2.05) is 11.9 Å². The Balaban J connectivity index is 1.16. The predicted molar refractivity (Wildman–Crippen MR) is 152 cm³/mol. The maximum absolute atomic E-state index is 13.9. The molecule has 8 nitrogen and oxygen atoms in total. The molecule has 0 spiro atoms. The van der Waals surface area contributed by atoms with Crippen molar-refractivity contribution in [2.24, 2.45) is 5.92 Å². The molecule has 218 valence electrons. The predicted octanol–water partition coefficient (Wildman–Crippen LogP) is 4.17. The van der Waals surface area contributed by atoms with Crippen LogP contribution in [0.25, 0.3) is 0 Å². The largest absolute Gasteiger partial charge is 0.416 e. The standard InChI is InChI=1S/C31H31F3N6O2/c1-39-12-14-40(15-13-39)20-24-8-10-26(16-27(24)31(32,33)34)37-29(41)17-25-9-4-21(18-35-25)2-3-22-5-11-28(36-19-22)38-30(42)23-6-7-23/h4-5,8-11,16,18-19,23H,6-7,12-15,17,20H2,1H3,(H,37,41)(H,36,38,42). The lowest BCUT2D eigenvalue weighted by molar-refractivity contribution is -0.138. The van der Waals surface area contributed by atoms with Crippen LogP contribution in [0, 0.1) is 17.8 Å². The zero-order chi connectivity index (χ0) is 29.7. The maximum Gasteiger partial charge on any atom is 0.416 e. The van der Waals surface area contributed by atoms with Crippen LogP contribution in [-0.4, -0.2) is 64.8 Å². The Labute approximate surface area is 242 Å². The number of carbonyl (C=O) groups is 2. The molecule has 1 aromatic carbocycles. The minimum Gasteiger partial charge on any atom is -0.326 e. The Morgan fingerprint density at radius 1 is 0.929 bits per heavy atom. The van der Waals surface area contributed by atoms with Gasteiger partial charge in [0.1, 0.15) is 5.82 Å². The van der Waals surface area contributed by atoms with Crippen LogP contribution in [0.2, 0.25) is 0 Å². The van der Waals surface area contributed by atoms with E-state index in [9.17, 15) is 22.8 Å². The fraction of sp³-hybridized carbons (Fsp3) is 0.355. The fourth-order valence-electron chi connectivity index (χ4n) is 4.54. The molecule has 0 radical (unpaired) electrons. The van der Waals surface area contributed by atoms with Crippen molar-refractivity contribution in [2.45, 2.75) is 32.0 Å². The molecule has 42 heavy (non-hydrogen) atoms. The molecule has 2 aliphatic rings. The van der Waals surface area contributed by atoms with Crippen molar-refractivity contribution in [3.05, 3.63) is 82.8 Å². The lowest BCUT2D eigenvalue weighted by atomic mass is 10.0. The van der Waals surface area contributed by atoms with Gasteiger partial charge in [-0.2, -0.15) is 13.2 Å². The summed E-state index contributed by atoms with van der Waals surface area (Å²) in [6.45, 7) is 3.23. The Morgan fingerprint density at radius 2 is 1.62 bits per heavy atom. The summed E-state index contributed by atoms with van der Waals surface area (Å²) in [6.07, 6.45) is 0.302. The minimum absolute atomic E-state index is 0.0122. The average Bonchev–Trinajstić information content (AvgIpc) is 3.81. The summed E-state index contributed by atoms with van der Waals surface area (Å²) < 4.78 is 41.6. The normalized spacial score (nSPS) is 15.9. The van der Waals surface area contributed by atoms with Crippen LogP contribution < -0.4 is 10.6 Å². The number of nitrogens with one attached hydrogen (secondary N) is 2. The highest BCUT2D eigenvalue weighted by Gasteiger charge is 2.34. The Kier molecular flexibility index (Phi) is 8.85. The molecular formula is C31H31F3N6O2. The summed E-state index contributed by atoms with van der Waals surface area (Å²) in [5.74, 6) is 6.05. The van der Waals surface area contributed by atoms with Crippen molar-refractivity contribution >= 4 is 23.3 Å². The molecule has 2 aromatic heterocycles. The van der Waals surface area contributed by atoms with Crippen molar-refractivity contribution in [2.75, 3.05) is 43.9 Å². The summed E-state index contributed by atoms with van der Waals surface area (Å²) >= 11 is 0. The van der Waals surface area contributed by atoms with E-state index in [1.54, 1.807) is 30.5 Å². The van der Waals surface area contributed by atoms with Gasteiger partial charge in [-0.25, -0.2) is 4.98 Å². The molecule has 1 aliphatic heterocycles. The molecular weight excluding hydrogens is 545 g/mol. The van der Waals surface area contributed by atoms with Crippen LogP contribution in [0.15, 0.2) is 54.9 Å². The SMILES string of the molecule is CN1CCN(Cc2ccc(NC(=O)Cc3ccc(C#Cc4ccc(NC(=O)C5CC5)nc4)cn3)cc2C(F)(F)F)CC1. The molecule has 1 saturated heterocycles. The smallest absolute Gasteiger partial charge is 0.326 e. The molecule has 0 bridgehead atoms. The third-order valence-electron chi connectivity index (χ3n) is 7.17. The summed E-state index contributed by atoms with van der Waals surface area (Å²) in [6, 6.07) is 10.8. The highest BCUT2D eigenvalue weighted by atomic mass is 19.4. The van der Waals surface area contributed by atoms with E-state index >= 15 is 0 Å². The first kappa shape index (κ1) is 29.2. The van der Waals surface area contributed by atoms with E-state index < -0.39 is 17.6 Å². The van der Waals surface area contributed by atoms with Crippen LogP contribution in [-0.2, 0) is 28.7 Å². The molecule has 5 rings (SSSR count). The van der Waals surface area contributed by atoms with Gasteiger partial charge in [0.15, 0.2) is 0 Å². The van der Waals surface area contributed by atoms with Gasteiger partial charge in [-0.3, -0.25) is 19.5 Å². The number of hydrogen-bond donors (Lipinski definition) is 2. The molecule has 0 unspecified atom stereocenters. The highest BCUT2D eigenvalue weighted by Crippen LogP contribution is 2.34. The van der Waals surface area contributed by atoms with E-state index in [1.165, 1.54) is 18.3 Å². The second kappa shape index (κ2) is 12.7. The van der Waals surface area contributed by atoms with Crippen molar-refractivity contribution in [1.29, 1.82) is 0 Å². The number of amides is 2. The number of halogens is 3. The number of anilines is 2. The van der Waals surface area contributed by atoms with Crippen LogP contribution in [0.5, 0.6) is 0 Å². The number of nitrogens with zero attached hydrogens (tertiary/aromatic N) is 4. The molecule has 1 aliphatic carbocycles. The number of benzene rings is 1. The third kappa shape index (κ3) is 8.15. The first-order chi connectivity index (χ1) is 20.1. The Morgan fingerprint density at radius 3 is 2.21 bits per heavy atom. The number of hydrogen-bond acceptors (Lipinski definition) is 6. The summed E-state index contributed by atoms with van der Waals surface area (Å²) in [5.41, 5.74) is 1.28. The Bertz CT molecular complexity index is 1480. The van der Waals surface area contributed by atoms with Gasteiger partial charge in [-0.15, -0.1) is 0 Å². The Hall–Kier alpha value is -4.27. The molecule has 2 amide bonds. The van der Waals surface area contributed by atoms with Gasteiger partial charge in [-0.1, -0.05) is 17.9 Å². The number of pyridine rings is 2. The van der Waals surface area contributed by atoms with Crippen molar-refractivity contribution in [1.82, 2.24) is 19.8 Å². The molecule has 3 heterocycles. The van der Waals surface area contributed by atoms with E-state index in [4.69, 9.17) is 0 Å². The number of likely N-dealkylation sites (N-methyl/N-ethyl adjacent to an activating group) is 1. The second-order valence-electron chi connectivity index (χ2n) is 10.7. The van der Waals surface area contributed by atoms with Gasteiger partial charge in [0.25, 0.3) is 0 Å². The summed E-state index contributed by atoms with van der Waals surface area (Å²) in [7, 11) is 1.99. The molecule has 0 atom stereocenters. The van der Waals surface area contributed by atoms with Crippen LogP contribution in [0.3, 0.4) is 0 Å². The van der Waals surface area contributed by atoms with Gasteiger partial charge in [-0.05, 0) is 61.9 Å². The quantitative estimate of drug-likeness (QED) is 0.411. The number of aromatic nitrogens is 2. The first-order valence-corrected chi connectivity index (χ1v) is 13.8. The highest BCUT2D eigenvalue weighted by molar-refractivity contribution is 5.93. The topological polar surface area (TPSA) is 90.5 Å². The minimum atomic E-state index is -4.54. The monoisotopic (exact) mass is 576 g/mol. The van der Waals surface area contributed by atoms with Crippen molar-refractivity contribution < 1.29 is 22.8 Å². The second-order valence-corrected chi connectivity index (χ2v) is 10.7. The van der Waals surface area contributed by atoms with Crippen LogP contribution in [0.4, 0.5) is 24.7 Å². The van der Waals surface area contributed by atoms with Crippen LogP contribution in [0.1, 0.15) is 40.8 Å². The summed E-state index contributed by atoms with van der Waals surface area (Å²) in [4.78, 5) is 37.1. The van der Waals surface area contributed by atoms with E-state index in [-0.39, 0.29) is 36.0 Å². The molecule has 1 saturated carbocycles. The lowest BCUT2D eigenvalue weighted by Crippen LogP contribution is -2.44. The van der Waals surface area contributed by atoms with E-state index in [2.05, 4.69) is 37.3 Å². The number of alkyl halides is 3. The van der Waals surface area contributed by atoms with Gasteiger partial charge in [0.05, 0.1) is 12.0 Å². The number of piperazine rings is 1. The number of rotatable bonds is 7. The zero-order valence-corrected chi connectivity index (χ0v) is 23.2. The molecule has 2 N–H and O–H groups in total. The van der Waals surface area contributed by atoms with Gasteiger partial charge >= 0.3 is 6.18 Å². The van der Waals surface area contributed by atoms with Gasteiger partial charge in [0.2, 0.25) is 11.8 Å². The molecule has 3 aromatic rings. The summed E-state index contributed by atoms with van der Waals surface area (Å²) in [5, 5.41) is 5.34. The zero-order valence-electron chi connectivity index (χ0n) is 23.2. The lowest BCUT2D eigenvalue weighted by Gasteiger charge is -2.33. The molecule has 11 heteroatoms. The number of carbonyl (C=O) groups excluding carboxylic acids is 2. The van der Waals surface area contributed by atoms with Gasteiger partial charge in [0, 0.05) is 73.5 Å². The van der Waals surface area contributed by atoms with Crippen LogP contribution >= 0.6 is 0 Å². The van der Waals surface area contributed by atoms with E-state index in [0.717, 1.165) is 32.0 Å². The maximum atomic E-state index is 13.9. The third-order valence-corrected chi connectivity index (χ3v) is 7.17. The van der Waals surface area contributed by atoms with Gasteiger partial charge < -0.3 is 15.5 Å². The first-order valence-electron chi connectivity index (χ1n) is 13.8. The molecule has 2 fully saturated rings. The fourth-order valence-corrected chi connectivity index (χ4v) is 4.54. The average molecular weight is 577 g/mol. The van der Waals surface area contributed by atoms with Crippen molar-refractivity contribution in [3.8, 4) is 11.8 Å². The van der Waals surface area contributed by atoms with Crippen molar-refractivity contribution in [3.63, 3.8) is 0 Å².